The Morgan fingerprint density at radius 3 is 2.71 bits per heavy atom. The lowest BCUT2D eigenvalue weighted by Gasteiger charge is -2.29. The smallest absolute Gasteiger partial charge is 0.123 e. The molecule has 1 rings (SSSR count). The van der Waals surface area contributed by atoms with Crippen molar-refractivity contribution in [2.75, 3.05) is 0 Å². The zero-order chi connectivity index (χ0) is 13.1. The number of aliphatic hydroxyl groups is 1. The SMILES string of the molecule is CC(O)C(C)(C)NCc1cc(F)ccc1C#N. The van der Waals surface area contributed by atoms with Gasteiger partial charge in [-0.05, 0) is 44.5 Å². The fourth-order valence-electron chi connectivity index (χ4n) is 1.29. The van der Waals surface area contributed by atoms with Crippen molar-refractivity contribution >= 4 is 0 Å². The van der Waals surface area contributed by atoms with Crippen LogP contribution in [0.3, 0.4) is 0 Å². The van der Waals surface area contributed by atoms with Crippen LogP contribution in [-0.4, -0.2) is 16.7 Å². The Hall–Kier alpha value is -1.44. The van der Waals surface area contributed by atoms with Crippen molar-refractivity contribution in [3.05, 3.63) is 35.1 Å². The maximum absolute atomic E-state index is 13.1. The molecule has 0 heterocycles. The normalized spacial score (nSPS) is 13.2. The molecular weight excluding hydrogens is 219 g/mol. The van der Waals surface area contributed by atoms with Gasteiger partial charge in [0.25, 0.3) is 0 Å². The molecule has 1 aromatic rings. The number of benzene rings is 1. The van der Waals surface area contributed by atoms with Gasteiger partial charge in [0.15, 0.2) is 0 Å². The monoisotopic (exact) mass is 236 g/mol. The van der Waals surface area contributed by atoms with E-state index >= 15 is 0 Å². The van der Waals surface area contributed by atoms with Gasteiger partial charge in [0.05, 0.1) is 17.7 Å². The van der Waals surface area contributed by atoms with Gasteiger partial charge < -0.3 is 10.4 Å². The second-order valence-corrected chi connectivity index (χ2v) is 4.66. The molecular formula is C13H17FN2O. The average Bonchev–Trinajstić information content (AvgIpc) is 2.26. The molecule has 0 bridgehead atoms. The maximum atomic E-state index is 13.1. The molecule has 1 unspecified atom stereocenters. The minimum Gasteiger partial charge on any atom is -0.392 e. The van der Waals surface area contributed by atoms with E-state index in [-0.39, 0.29) is 5.82 Å². The first-order valence-electron chi connectivity index (χ1n) is 5.48. The van der Waals surface area contributed by atoms with E-state index in [1.54, 1.807) is 6.92 Å². The van der Waals surface area contributed by atoms with E-state index in [2.05, 4.69) is 5.32 Å². The van der Waals surface area contributed by atoms with Gasteiger partial charge >= 0.3 is 0 Å². The Kier molecular flexibility index (Phi) is 4.22. The van der Waals surface area contributed by atoms with Gasteiger partial charge in [-0.15, -0.1) is 0 Å². The molecule has 0 saturated heterocycles. The first-order valence-corrected chi connectivity index (χ1v) is 5.48. The summed E-state index contributed by atoms with van der Waals surface area (Å²) in [6.45, 7) is 5.73. The third kappa shape index (κ3) is 3.52. The highest BCUT2D eigenvalue weighted by Crippen LogP contribution is 2.14. The van der Waals surface area contributed by atoms with Crippen molar-refractivity contribution < 1.29 is 9.50 Å². The Balaban J connectivity index is 2.83. The molecule has 1 aromatic carbocycles. The Bertz CT molecular complexity index is 436. The van der Waals surface area contributed by atoms with Crippen LogP contribution in [0.25, 0.3) is 0 Å². The van der Waals surface area contributed by atoms with E-state index in [0.717, 1.165) is 0 Å². The summed E-state index contributed by atoms with van der Waals surface area (Å²) in [7, 11) is 0. The number of halogens is 1. The van der Waals surface area contributed by atoms with E-state index < -0.39 is 11.6 Å². The summed E-state index contributed by atoms with van der Waals surface area (Å²) in [6, 6.07) is 6.08. The van der Waals surface area contributed by atoms with Gasteiger partial charge in [-0.25, -0.2) is 4.39 Å². The highest BCUT2D eigenvalue weighted by Gasteiger charge is 2.23. The lowest BCUT2D eigenvalue weighted by Crippen LogP contribution is -2.47. The lowest BCUT2D eigenvalue weighted by molar-refractivity contribution is 0.0956. The summed E-state index contributed by atoms with van der Waals surface area (Å²) in [5.41, 5.74) is 0.556. The molecule has 0 amide bonds. The predicted molar refractivity (Wildman–Crippen MR) is 63.7 cm³/mol. The highest BCUT2D eigenvalue weighted by atomic mass is 19.1. The minimum atomic E-state index is -0.540. The number of aliphatic hydroxyl groups excluding tert-OH is 1. The summed E-state index contributed by atoms with van der Waals surface area (Å²) in [5, 5.41) is 21.5. The van der Waals surface area contributed by atoms with Crippen LogP contribution in [0.2, 0.25) is 0 Å². The molecule has 2 N–H and O–H groups in total. The molecule has 92 valence electrons. The molecule has 1 atom stereocenters. The number of nitrogens with zero attached hydrogens (tertiary/aromatic N) is 1. The van der Waals surface area contributed by atoms with Crippen molar-refractivity contribution in [1.82, 2.24) is 5.32 Å². The highest BCUT2D eigenvalue weighted by molar-refractivity contribution is 5.37. The third-order valence-corrected chi connectivity index (χ3v) is 2.97. The van der Waals surface area contributed by atoms with Gasteiger partial charge in [0, 0.05) is 12.1 Å². The second-order valence-electron chi connectivity index (χ2n) is 4.66. The van der Waals surface area contributed by atoms with E-state index in [1.807, 2.05) is 19.9 Å². The van der Waals surface area contributed by atoms with Crippen LogP contribution in [0.1, 0.15) is 31.9 Å². The number of nitrogens with one attached hydrogen (secondary N) is 1. The molecule has 0 aromatic heterocycles. The fourth-order valence-corrected chi connectivity index (χ4v) is 1.29. The van der Waals surface area contributed by atoms with Crippen LogP contribution in [0.5, 0.6) is 0 Å². The van der Waals surface area contributed by atoms with Gasteiger partial charge in [-0.1, -0.05) is 0 Å². The minimum absolute atomic E-state index is 0.346. The van der Waals surface area contributed by atoms with Crippen molar-refractivity contribution in [1.29, 1.82) is 5.26 Å². The zero-order valence-electron chi connectivity index (χ0n) is 10.3. The van der Waals surface area contributed by atoms with E-state index in [0.29, 0.717) is 17.7 Å². The summed E-state index contributed by atoms with van der Waals surface area (Å²) in [6.07, 6.45) is -0.540. The van der Waals surface area contributed by atoms with Crippen LogP contribution in [0.15, 0.2) is 18.2 Å². The quantitative estimate of drug-likeness (QED) is 0.840. The van der Waals surface area contributed by atoms with Crippen molar-refractivity contribution in [3.8, 4) is 6.07 Å². The lowest BCUT2D eigenvalue weighted by atomic mass is 9.98. The predicted octanol–water partition coefficient (Wildman–Crippen LogP) is 1.95. The van der Waals surface area contributed by atoms with Crippen LogP contribution in [0.4, 0.5) is 4.39 Å². The van der Waals surface area contributed by atoms with Gasteiger partial charge in [-0.2, -0.15) is 5.26 Å². The summed E-state index contributed by atoms with van der Waals surface area (Å²) in [4.78, 5) is 0. The summed E-state index contributed by atoms with van der Waals surface area (Å²) in [5.74, 6) is -0.365. The number of hydrogen-bond donors (Lipinski definition) is 2. The molecule has 4 heteroatoms. The molecule has 0 radical (unpaired) electrons. The summed E-state index contributed by atoms with van der Waals surface area (Å²) >= 11 is 0. The molecule has 0 saturated carbocycles. The standard InChI is InChI=1S/C13H17FN2O/c1-9(17)13(2,3)16-8-11-6-12(14)5-4-10(11)7-15/h4-6,9,16-17H,8H2,1-3H3. The molecule has 0 spiro atoms. The Morgan fingerprint density at radius 2 is 2.18 bits per heavy atom. The fraction of sp³-hybridized carbons (Fsp3) is 0.462. The third-order valence-electron chi connectivity index (χ3n) is 2.97. The van der Waals surface area contributed by atoms with Gasteiger partial charge in [0.2, 0.25) is 0 Å². The topological polar surface area (TPSA) is 56.0 Å². The number of rotatable bonds is 4. The van der Waals surface area contributed by atoms with Gasteiger partial charge in [0.1, 0.15) is 5.82 Å². The molecule has 0 fully saturated rings. The van der Waals surface area contributed by atoms with Crippen molar-refractivity contribution in [3.63, 3.8) is 0 Å². The van der Waals surface area contributed by atoms with Gasteiger partial charge in [-0.3, -0.25) is 0 Å². The molecule has 0 aliphatic rings. The molecule has 17 heavy (non-hydrogen) atoms. The Morgan fingerprint density at radius 1 is 1.53 bits per heavy atom. The van der Waals surface area contributed by atoms with Crippen LogP contribution in [-0.2, 0) is 6.54 Å². The number of nitriles is 1. The van der Waals surface area contributed by atoms with E-state index in [1.165, 1.54) is 18.2 Å². The zero-order valence-corrected chi connectivity index (χ0v) is 10.3. The largest absolute Gasteiger partial charge is 0.392 e. The second kappa shape index (κ2) is 5.26. The molecule has 0 aliphatic carbocycles. The van der Waals surface area contributed by atoms with Crippen molar-refractivity contribution in [2.24, 2.45) is 0 Å². The maximum Gasteiger partial charge on any atom is 0.123 e. The summed E-state index contributed by atoms with van der Waals surface area (Å²) < 4.78 is 13.1. The number of hydrogen-bond acceptors (Lipinski definition) is 3. The van der Waals surface area contributed by atoms with E-state index in [9.17, 15) is 9.50 Å². The van der Waals surface area contributed by atoms with Crippen LogP contribution < -0.4 is 5.32 Å². The Labute approximate surface area is 101 Å². The van der Waals surface area contributed by atoms with E-state index in [4.69, 9.17) is 5.26 Å². The molecule has 0 aliphatic heterocycles. The first kappa shape index (κ1) is 13.6. The van der Waals surface area contributed by atoms with Crippen LogP contribution in [0, 0.1) is 17.1 Å². The average molecular weight is 236 g/mol. The van der Waals surface area contributed by atoms with Crippen molar-refractivity contribution in [2.45, 2.75) is 39.0 Å². The molecule has 3 nitrogen and oxygen atoms in total. The first-order chi connectivity index (χ1) is 7.86. The van der Waals surface area contributed by atoms with Crippen LogP contribution >= 0.6 is 0 Å².